The summed E-state index contributed by atoms with van der Waals surface area (Å²) in [6.07, 6.45) is -0.672. The second-order valence-electron chi connectivity index (χ2n) is 4.94. The fraction of sp³-hybridized carbons (Fsp3) is 0.188. The first-order valence-electron chi connectivity index (χ1n) is 7.10. The number of thioether (sulfide) groups is 1. The van der Waals surface area contributed by atoms with Crippen molar-refractivity contribution in [1.29, 1.82) is 5.26 Å². The SMILES string of the molecule is N#Cc1ccc(OC[C@@H](O)CSc2nc(N)c3ccsc3n2)cc1. The zero-order valence-corrected chi connectivity index (χ0v) is 14.2. The third kappa shape index (κ3) is 3.94. The summed E-state index contributed by atoms with van der Waals surface area (Å²) in [6, 6.07) is 10.7. The molecule has 0 saturated carbocycles. The molecule has 3 N–H and O–H groups in total. The van der Waals surface area contributed by atoms with E-state index in [0.717, 1.165) is 10.2 Å². The molecular formula is C16H14N4O2S2. The number of nitrogens with two attached hydrogens (primary N) is 1. The summed E-state index contributed by atoms with van der Waals surface area (Å²) in [4.78, 5) is 9.49. The van der Waals surface area contributed by atoms with Crippen LogP contribution in [0.1, 0.15) is 5.56 Å². The number of aromatic nitrogens is 2. The molecule has 0 aliphatic carbocycles. The van der Waals surface area contributed by atoms with Crippen molar-refractivity contribution in [1.82, 2.24) is 9.97 Å². The Bertz CT molecular complexity index is 874. The summed E-state index contributed by atoms with van der Waals surface area (Å²) in [5, 5.41) is 22.1. The predicted octanol–water partition coefficient (Wildman–Crippen LogP) is 2.68. The van der Waals surface area contributed by atoms with Gasteiger partial charge in [-0.3, -0.25) is 0 Å². The average Bonchev–Trinajstić information content (AvgIpc) is 3.08. The fourth-order valence-corrected chi connectivity index (χ4v) is 3.55. The highest BCUT2D eigenvalue weighted by atomic mass is 32.2. The summed E-state index contributed by atoms with van der Waals surface area (Å²) in [6.45, 7) is 0.148. The molecule has 0 aliphatic heterocycles. The van der Waals surface area contributed by atoms with E-state index in [1.54, 1.807) is 24.3 Å². The molecule has 1 atom stereocenters. The molecule has 6 nitrogen and oxygen atoms in total. The monoisotopic (exact) mass is 358 g/mol. The van der Waals surface area contributed by atoms with Crippen molar-refractivity contribution in [3.63, 3.8) is 0 Å². The van der Waals surface area contributed by atoms with E-state index >= 15 is 0 Å². The standard InChI is InChI=1S/C16H14N4O2S2/c17-7-10-1-3-12(4-2-10)22-8-11(21)9-24-16-19-14(18)13-5-6-23-15(13)20-16/h1-6,11,21H,8-9H2,(H2,18,19,20)/t11-/m1/s1. The Morgan fingerprint density at radius 2 is 2.08 bits per heavy atom. The Morgan fingerprint density at radius 3 is 2.83 bits per heavy atom. The summed E-state index contributed by atoms with van der Waals surface area (Å²) in [5.74, 6) is 1.46. The number of nitrogens with zero attached hydrogens (tertiary/aromatic N) is 3. The van der Waals surface area contributed by atoms with Crippen LogP contribution >= 0.6 is 23.1 Å². The van der Waals surface area contributed by atoms with Crippen LogP contribution in [0.2, 0.25) is 0 Å². The molecule has 0 radical (unpaired) electrons. The van der Waals surface area contributed by atoms with Crippen molar-refractivity contribution in [3.05, 3.63) is 41.3 Å². The van der Waals surface area contributed by atoms with Gasteiger partial charge in [0.15, 0.2) is 5.16 Å². The predicted molar refractivity (Wildman–Crippen MR) is 95.2 cm³/mol. The van der Waals surface area contributed by atoms with Crippen molar-refractivity contribution in [2.45, 2.75) is 11.3 Å². The second kappa shape index (κ2) is 7.49. The number of hydrogen-bond donors (Lipinski definition) is 2. The lowest BCUT2D eigenvalue weighted by Crippen LogP contribution is -2.20. The van der Waals surface area contributed by atoms with E-state index in [-0.39, 0.29) is 6.61 Å². The summed E-state index contributed by atoms with van der Waals surface area (Å²) in [7, 11) is 0. The molecule has 0 unspecified atom stereocenters. The maximum Gasteiger partial charge on any atom is 0.190 e. The van der Waals surface area contributed by atoms with Crippen molar-refractivity contribution in [3.8, 4) is 11.8 Å². The van der Waals surface area contributed by atoms with Crippen LogP contribution < -0.4 is 10.5 Å². The van der Waals surface area contributed by atoms with Crippen LogP contribution in [0.3, 0.4) is 0 Å². The van der Waals surface area contributed by atoms with Crippen molar-refractivity contribution in [2.24, 2.45) is 0 Å². The summed E-state index contributed by atoms with van der Waals surface area (Å²) < 4.78 is 5.50. The van der Waals surface area contributed by atoms with E-state index in [0.29, 0.717) is 28.0 Å². The van der Waals surface area contributed by atoms with Crippen LogP contribution in [0.5, 0.6) is 5.75 Å². The minimum atomic E-state index is -0.672. The van der Waals surface area contributed by atoms with Gasteiger partial charge in [0.1, 0.15) is 23.0 Å². The highest BCUT2D eigenvalue weighted by Gasteiger charge is 2.11. The first kappa shape index (κ1) is 16.5. The number of ether oxygens (including phenoxy) is 1. The Hall–Kier alpha value is -2.34. The fourth-order valence-electron chi connectivity index (χ4n) is 1.96. The number of thiophene rings is 1. The molecule has 3 aromatic rings. The first-order valence-corrected chi connectivity index (χ1v) is 8.97. The Labute approximate surface area is 146 Å². The zero-order valence-electron chi connectivity index (χ0n) is 12.5. The minimum Gasteiger partial charge on any atom is -0.491 e. The number of nitriles is 1. The molecular weight excluding hydrogens is 344 g/mol. The molecule has 8 heteroatoms. The number of anilines is 1. The summed E-state index contributed by atoms with van der Waals surface area (Å²) >= 11 is 2.84. The van der Waals surface area contributed by atoms with Crippen LogP contribution in [0.15, 0.2) is 40.9 Å². The van der Waals surface area contributed by atoms with E-state index in [2.05, 4.69) is 9.97 Å². The van der Waals surface area contributed by atoms with Gasteiger partial charge in [-0.1, -0.05) is 11.8 Å². The van der Waals surface area contributed by atoms with Gasteiger partial charge in [-0.15, -0.1) is 11.3 Å². The maximum atomic E-state index is 10.0. The van der Waals surface area contributed by atoms with Crippen LogP contribution in [-0.4, -0.2) is 33.5 Å². The van der Waals surface area contributed by atoms with Gasteiger partial charge in [0, 0.05) is 5.75 Å². The normalized spacial score (nSPS) is 12.0. The molecule has 0 bridgehead atoms. The van der Waals surface area contributed by atoms with Gasteiger partial charge in [-0.2, -0.15) is 5.26 Å². The maximum absolute atomic E-state index is 10.0. The molecule has 0 amide bonds. The first-order chi connectivity index (χ1) is 11.7. The van der Waals surface area contributed by atoms with Crippen LogP contribution in [-0.2, 0) is 0 Å². The van der Waals surface area contributed by atoms with Gasteiger partial charge >= 0.3 is 0 Å². The van der Waals surface area contributed by atoms with Crippen molar-refractivity contribution >= 4 is 39.1 Å². The highest BCUT2D eigenvalue weighted by molar-refractivity contribution is 7.99. The second-order valence-corrected chi connectivity index (χ2v) is 6.82. The lowest BCUT2D eigenvalue weighted by molar-refractivity contribution is 0.126. The number of hydrogen-bond acceptors (Lipinski definition) is 8. The molecule has 0 spiro atoms. The van der Waals surface area contributed by atoms with E-state index in [1.165, 1.54) is 23.1 Å². The molecule has 1 aromatic carbocycles. The van der Waals surface area contributed by atoms with Gasteiger partial charge in [0.2, 0.25) is 0 Å². The lowest BCUT2D eigenvalue weighted by atomic mass is 10.2. The molecule has 122 valence electrons. The topological polar surface area (TPSA) is 105 Å². The van der Waals surface area contributed by atoms with Crippen molar-refractivity contribution in [2.75, 3.05) is 18.1 Å². The number of aliphatic hydroxyl groups excluding tert-OH is 1. The number of benzene rings is 1. The summed E-state index contributed by atoms with van der Waals surface area (Å²) in [5.41, 5.74) is 6.47. The smallest absolute Gasteiger partial charge is 0.190 e. The Kier molecular flexibility index (Phi) is 5.15. The van der Waals surface area contributed by atoms with Crippen LogP contribution in [0.4, 0.5) is 5.82 Å². The highest BCUT2D eigenvalue weighted by Crippen LogP contribution is 2.26. The van der Waals surface area contributed by atoms with Crippen LogP contribution in [0.25, 0.3) is 10.2 Å². The number of aliphatic hydroxyl groups is 1. The van der Waals surface area contributed by atoms with Gasteiger partial charge in [0.05, 0.1) is 23.1 Å². The number of fused-ring (bicyclic) bond motifs is 1. The quantitative estimate of drug-likeness (QED) is 0.515. The lowest BCUT2D eigenvalue weighted by Gasteiger charge is -2.11. The molecule has 0 saturated heterocycles. The minimum absolute atomic E-state index is 0.148. The van der Waals surface area contributed by atoms with E-state index in [9.17, 15) is 5.11 Å². The van der Waals surface area contributed by atoms with E-state index in [4.69, 9.17) is 15.7 Å². The number of rotatable bonds is 6. The molecule has 2 heterocycles. The average molecular weight is 358 g/mol. The van der Waals surface area contributed by atoms with Gasteiger partial charge < -0.3 is 15.6 Å². The molecule has 2 aromatic heterocycles. The largest absolute Gasteiger partial charge is 0.491 e. The molecule has 0 fully saturated rings. The van der Waals surface area contributed by atoms with Gasteiger partial charge in [-0.25, -0.2) is 9.97 Å². The Balaban J connectivity index is 1.52. The van der Waals surface area contributed by atoms with Gasteiger partial charge in [0.25, 0.3) is 0 Å². The van der Waals surface area contributed by atoms with Crippen LogP contribution in [0, 0.1) is 11.3 Å². The zero-order chi connectivity index (χ0) is 16.9. The van der Waals surface area contributed by atoms with E-state index < -0.39 is 6.10 Å². The molecule has 3 rings (SSSR count). The third-order valence-electron chi connectivity index (χ3n) is 3.16. The molecule has 0 aliphatic rings. The van der Waals surface area contributed by atoms with E-state index in [1.807, 2.05) is 17.5 Å². The van der Waals surface area contributed by atoms with Crippen molar-refractivity contribution < 1.29 is 9.84 Å². The molecule has 24 heavy (non-hydrogen) atoms. The number of nitrogen functional groups attached to an aromatic ring is 1. The Morgan fingerprint density at radius 1 is 1.29 bits per heavy atom. The third-order valence-corrected chi connectivity index (χ3v) is 4.96. The van der Waals surface area contributed by atoms with Gasteiger partial charge in [-0.05, 0) is 35.7 Å².